The molecule has 1 aliphatic rings. The van der Waals surface area contributed by atoms with Gasteiger partial charge in [0.1, 0.15) is 18.2 Å². The van der Waals surface area contributed by atoms with Crippen LogP contribution in [0.2, 0.25) is 0 Å². The predicted molar refractivity (Wildman–Crippen MR) is 79.3 cm³/mol. The number of carbonyl (C=O) groups excluding carboxylic acids is 2. The van der Waals surface area contributed by atoms with E-state index in [1.807, 2.05) is 30.3 Å². The fourth-order valence-corrected chi connectivity index (χ4v) is 2.01. The van der Waals surface area contributed by atoms with Crippen LogP contribution in [0.4, 0.5) is 9.59 Å². The highest BCUT2D eigenvalue weighted by Gasteiger charge is 2.40. The Balaban J connectivity index is 1.89. The van der Waals surface area contributed by atoms with Crippen LogP contribution in [0.3, 0.4) is 0 Å². The summed E-state index contributed by atoms with van der Waals surface area (Å²) in [5.74, 6) is 0. The van der Waals surface area contributed by atoms with Crippen LogP contribution in [0, 0.1) is 0 Å². The molecular formula is C16H21NO5. The zero-order valence-electron chi connectivity index (χ0n) is 13.1. The number of ether oxygens (including phenoxy) is 3. The maximum absolute atomic E-state index is 12.1. The van der Waals surface area contributed by atoms with Crippen LogP contribution in [0.25, 0.3) is 0 Å². The van der Waals surface area contributed by atoms with Crippen LogP contribution in [0.15, 0.2) is 30.3 Å². The van der Waals surface area contributed by atoms with Crippen molar-refractivity contribution in [3.63, 3.8) is 0 Å². The molecule has 0 aliphatic carbocycles. The fourth-order valence-electron chi connectivity index (χ4n) is 2.01. The Morgan fingerprint density at radius 2 is 2.00 bits per heavy atom. The molecule has 120 valence electrons. The minimum absolute atomic E-state index is 0.118. The van der Waals surface area contributed by atoms with Gasteiger partial charge < -0.3 is 14.2 Å². The highest BCUT2D eigenvalue weighted by Crippen LogP contribution is 2.18. The number of hydrogen-bond donors (Lipinski definition) is 0. The summed E-state index contributed by atoms with van der Waals surface area (Å²) < 4.78 is 15.7. The molecule has 1 aliphatic heterocycles. The van der Waals surface area contributed by atoms with Crippen molar-refractivity contribution in [3.05, 3.63) is 35.9 Å². The summed E-state index contributed by atoms with van der Waals surface area (Å²) in [6, 6.07) is 9.20. The third kappa shape index (κ3) is 4.46. The van der Waals surface area contributed by atoms with E-state index in [-0.39, 0.29) is 13.2 Å². The molecule has 1 saturated heterocycles. The molecule has 6 nitrogen and oxygen atoms in total. The van der Waals surface area contributed by atoms with Crippen LogP contribution < -0.4 is 0 Å². The monoisotopic (exact) mass is 307 g/mol. The van der Waals surface area contributed by atoms with Gasteiger partial charge in [-0.15, -0.1) is 0 Å². The average molecular weight is 307 g/mol. The highest BCUT2D eigenvalue weighted by atomic mass is 16.6. The van der Waals surface area contributed by atoms with Gasteiger partial charge in [-0.3, -0.25) is 0 Å². The third-order valence-electron chi connectivity index (χ3n) is 2.97. The lowest BCUT2D eigenvalue weighted by Crippen LogP contribution is -2.44. The summed E-state index contributed by atoms with van der Waals surface area (Å²) in [7, 11) is 0. The van der Waals surface area contributed by atoms with E-state index in [4.69, 9.17) is 14.2 Å². The van der Waals surface area contributed by atoms with E-state index in [1.54, 1.807) is 20.8 Å². The summed E-state index contributed by atoms with van der Waals surface area (Å²) in [5.41, 5.74) is 0.353. The van der Waals surface area contributed by atoms with Crippen molar-refractivity contribution in [2.45, 2.75) is 39.0 Å². The van der Waals surface area contributed by atoms with E-state index in [0.717, 1.165) is 10.5 Å². The number of amides is 2. The Morgan fingerprint density at radius 3 is 2.64 bits per heavy atom. The second-order valence-corrected chi connectivity index (χ2v) is 6.08. The maximum Gasteiger partial charge on any atom is 0.420 e. The van der Waals surface area contributed by atoms with E-state index in [9.17, 15) is 9.59 Å². The summed E-state index contributed by atoms with van der Waals surface area (Å²) in [5, 5.41) is 0. The van der Waals surface area contributed by atoms with Crippen LogP contribution in [-0.2, 0) is 20.8 Å². The number of hydrogen-bond acceptors (Lipinski definition) is 5. The van der Waals surface area contributed by atoms with E-state index in [2.05, 4.69) is 0 Å². The molecule has 0 N–H and O–H groups in total. The first kappa shape index (κ1) is 16.3. The molecule has 1 fully saturated rings. The molecule has 0 bridgehead atoms. The topological polar surface area (TPSA) is 65.1 Å². The smallest absolute Gasteiger partial charge is 0.420 e. The van der Waals surface area contributed by atoms with Gasteiger partial charge in [0.25, 0.3) is 0 Å². The van der Waals surface area contributed by atoms with Gasteiger partial charge in [-0.05, 0) is 26.3 Å². The average Bonchev–Trinajstić information content (AvgIpc) is 2.79. The summed E-state index contributed by atoms with van der Waals surface area (Å²) >= 11 is 0. The molecule has 1 heterocycles. The quantitative estimate of drug-likeness (QED) is 0.855. The molecule has 0 radical (unpaired) electrons. The van der Waals surface area contributed by atoms with E-state index >= 15 is 0 Å². The minimum atomic E-state index is -0.705. The summed E-state index contributed by atoms with van der Waals surface area (Å²) in [4.78, 5) is 24.7. The van der Waals surface area contributed by atoms with Crippen LogP contribution in [0.5, 0.6) is 0 Å². The maximum atomic E-state index is 12.1. The molecule has 1 aromatic carbocycles. The van der Waals surface area contributed by atoms with Gasteiger partial charge in [-0.1, -0.05) is 30.3 Å². The predicted octanol–water partition coefficient (Wildman–Crippen LogP) is 2.96. The van der Waals surface area contributed by atoms with Crippen LogP contribution >= 0.6 is 0 Å². The Labute approximate surface area is 129 Å². The zero-order valence-corrected chi connectivity index (χ0v) is 13.1. The molecule has 2 rings (SSSR count). The molecular weight excluding hydrogens is 286 g/mol. The van der Waals surface area contributed by atoms with Gasteiger partial charge >= 0.3 is 12.2 Å². The van der Waals surface area contributed by atoms with E-state index in [1.165, 1.54) is 0 Å². The number of nitrogens with zero attached hydrogens (tertiary/aromatic N) is 1. The Kier molecular flexibility index (Phi) is 5.03. The molecule has 0 unspecified atom stereocenters. The first-order chi connectivity index (χ1) is 10.4. The van der Waals surface area contributed by atoms with Crippen molar-refractivity contribution in [2.24, 2.45) is 0 Å². The molecule has 1 atom stereocenters. The van der Waals surface area contributed by atoms with Crippen molar-refractivity contribution in [2.75, 3.05) is 13.2 Å². The Hall–Kier alpha value is -2.08. The van der Waals surface area contributed by atoms with Crippen molar-refractivity contribution in [3.8, 4) is 0 Å². The highest BCUT2D eigenvalue weighted by molar-refractivity contribution is 5.89. The van der Waals surface area contributed by atoms with E-state index < -0.39 is 23.8 Å². The largest absolute Gasteiger partial charge is 0.447 e. The van der Waals surface area contributed by atoms with Crippen LogP contribution in [-0.4, -0.2) is 41.9 Å². The van der Waals surface area contributed by atoms with Crippen molar-refractivity contribution < 1.29 is 23.8 Å². The molecule has 0 saturated carbocycles. The lowest BCUT2D eigenvalue weighted by atomic mass is 10.2. The first-order valence-electron chi connectivity index (χ1n) is 7.17. The number of imide groups is 1. The Bertz CT molecular complexity index is 523. The lowest BCUT2D eigenvalue weighted by molar-refractivity contribution is 0.0181. The van der Waals surface area contributed by atoms with E-state index in [0.29, 0.717) is 6.61 Å². The number of benzene rings is 1. The number of carbonyl (C=O) groups is 2. The van der Waals surface area contributed by atoms with Gasteiger partial charge in [0.05, 0.1) is 13.2 Å². The van der Waals surface area contributed by atoms with Crippen LogP contribution in [0.1, 0.15) is 26.3 Å². The fraction of sp³-hybridized carbons (Fsp3) is 0.500. The van der Waals surface area contributed by atoms with Gasteiger partial charge in [0.15, 0.2) is 0 Å². The van der Waals surface area contributed by atoms with Gasteiger partial charge in [-0.25, -0.2) is 14.5 Å². The molecule has 6 heteroatoms. The van der Waals surface area contributed by atoms with Crippen molar-refractivity contribution in [1.82, 2.24) is 4.90 Å². The molecule has 22 heavy (non-hydrogen) atoms. The molecule has 0 spiro atoms. The SMILES string of the molecule is CC(C)(C)OC(=O)N1C(=O)OC[C@@H]1COCc1ccccc1. The van der Waals surface area contributed by atoms with Crippen molar-refractivity contribution >= 4 is 12.2 Å². The van der Waals surface area contributed by atoms with Gasteiger partial charge in [-0.2, -0.15) is 0 Å². The lowest BCUT2D eigenvalue weighted by Gasteiger charge is -2.25. The third-order valence-corrected chi connectivity index (χ3v) is 2.97. The standard InChI is InChI=1S/C16H21NO5/c1-16(2,3)22-15(19)17-13(11-21-14(17)18)10-20-9-12-7-5-4-6-8-12/h4-8,13H,9-11H2,1-3H3/t13-/m0/s1. The number of rotatable bonds is 4. The normalized spacial score (nSPS) is 18.2. The zero-order chi connectivity index (χ0) is 16.2. The second-order valence-electron chi connectivity index (χ2n) is 6.08. The summed E-state index contributed by atoms with van der Waals surface area (Å²) in [6.45, 7) is 5.97. The van der Waals surface area contributed by atoms with Crippen molar-refractivity contribution in [1.29, 1.82) is 0 Å². The summed E-state index contributed by atoms with van der Waals surface area (Å²) in [6.07, 6.45) is -1.40. The van der Waals surface area contributed by atoms with Gasteiger partial charge in [0.2, 0.25) is 0 Å². The molecule has 1 aromatic rings. The molecule has 2 amide bonds. The molecule has 0 aromatic heterocycles. The second kappa shape index (κ2) is 6.79. The minimum Gasteiger partial charge on any atom is -0.447 e. The Morgan fingerprint density at radius 1 is 1.32 bits per heavy atom. The first-order valence-corrected chi connectivity index (χ1v) is 7.17. The van der Waals surface area contributed by atoms with Gasteiger partial charge in [0, 0.05) is 0 Å². The number of cyclic esters (lactones) is 1.